The molecular formula is C16H20N2O6. The number of nitrogens with zero attached hydrogens (tertiary/aromatic N) is 1. The fourth-order valence-corrected chi connectivity index (χ4v) is 2.29. The molecule has 1 aliphatic heterocycles. The number of aliphatic carboxylic acids is 1. The van der Waals surface area contributed by atoms with Crippen molar-refractivity contribution in [3.05, 3.63) is 35.9 Å². The number of carbonyl (C=O) groups excluding carboxylic acids is 2. The summed E-state index contributed by atoms with van der Waals surface area (Å²) in [6.45, 7) is 1.57. The molecule has 130 valence electrons. The number of ether oxygens (including phenoxy) is 2. The molecule has 24 heavy (non-hydrogen) atoms. The van der Waals surface area contributed by atoms with Crippen molar-refractivity contribution in [2.75, 3.05) is 26.3 Å². The van der Waals surface area contributed by atoms with Crippen LogP contribution in [0, 0.1) is 0 Å². The van der Waals surface area contributed by atoms with Crippen LogP contribution in [0.2, 0.25) is 0 Å². The van der Waals surface area contributed by atoms with Gasteiger partial charge in [-0.25, -0.2) is 4.79 Å². The van der Waals surface area contributed by atoms with E-state index in [1.54, 1.807) is 12.1 Å². The predicted molar refractivity (Wildman–Crippen MR) is 83.2 cm³/mol. The summed E-state index contributed by atoms with van der Waals surface area (Å²) in [6.07, 6.45) is -1.33. The maximum Gasteiger partial charge on any atom is 0.408 e. The van der Waals surface area contributed by atoms with Crippen LogP contribution in [-0.2, 0) is 25.7 Å². The average Bonchev–Trinajstić information content (AvgIpc) is 2.60. The number of rotatable bonds is 6. The van der Waals surface area contributed by atoms with Crippen molar-refractivity contribution in [1.29, 1.82) is 0 Å². The number of carboxylic acid groups (broad SMARTS) is 1. The van der Waals surface area contributed by atoms with E-state index in [4.69, 9.17) is 14.6 Å². The molecule has 2 amide bonds. The minimum absolute atomic E-state index is 0.0399. The summed E-state index contributed by atoms with van der Waals surface area (Å²) in [6, 6.07) is 7.89. The lowest BCUT2D eigenvalue weighted by Gasteiger charge is -2.30. The molecule has 1 unspecified atom stereocenters. The summed E-state index contributed by atoms with van der Waals surface area (Å²) in [7, 11) is 0. The van der Waals surface area contributed by atoms with Crippen molar-refractivity contribution in [2.24, 2.45) is 0 Å². The lowest BCUT2D eigenvalue weighted by atomic mass is 10.1. The van der Waals surface area contributed by atoms with Crippen LogP contribution in [0.3, 0.4) is 0 Å². The summed E-state index contributed by atoms with van der Waals surface area (Å²) in [5, 5.41) is 11.3. The van der Waals surface area contributed by atoms with Gasteiger partial charge in [0.2, 0.25) is 5.91 Å². The highest BCUT2D eigenvalue weighted by Gasteiger charge is 2.29. The number of hydrogen-bond acceptors (Lipinski definition) is 5. The molecule has 0 aliphatic carbocycles. The number of carboxylic acids is 1. The Morgan fingerprint density at radius 2 is 1.88 bits per heavy atom. The Morgan fingerprint density at radius 3 is 2.50 bits per heavy atom. The van der Waals surface area contributed by atoms with Gasteiger partial charge in [0.25, 0.3) is 0 Å². The normalized spacial score (nSPS) is 15.4. The van der Waals surface area contributed by atoms with Crippen LogP contribution in [0.5, 0.6) is 0 Å². The highest BCUT2D eigenvalue weighted by atomic mass is 16.5. The van der Waals surface area contributed by atoms with Crippen LogP contribution >= 0.6 is 0 Å². The highest BCUT2D eigenvalue weighted by Crippen LogP contribution is 2.06. The minimum Gasteiger partial charge on any atom is -0.481 e. The van der Waals surface area contributed by atoms with E-state index in [1.807, 2.05) is 18.2 Å². The number of carbonyl (C=O) groups is 3. The van der Waals surface area contributed by atoms with E-state index >= 15 is 0 Å². The molecule has 1 fully saturated rings. The summed E-state index contributed by atoms with van der Waals surface area (Å²) >= 11 is 0. The Bertz CT molecular complexity index is 571. The van der Waals surface area contributed by atoms with Gasteiger partial charge in [-0.1, -0.05) is 30.3 Å². The molecule has 0 spiro atoms. The van der Waals surface area contributed by atoms with Crippen molar-refractivity contribution in [2.45, 2.75) is 19.1 Å². The Balaban J connectivity index is 1.90. The molecule has 1 aromatic rings. The molecule has 1 aromatic carbocycles. The molecular weight excluding hydrogens is 316 g/mol. The molecule has 1 atom stereocenters. The van der Waals surface area contributed by atoms with Crippen LogP contribution in [0.1, 0.15) is 12.0 Å². The second-order valence-corrected chi connectivity index (χ2v) is 5.29. The van der Waals surface area contributed by atoms with Gasteiger partial charge in [0, 0.05) is 13.1 Å². The van der Waals surface area contributed by atoms with Crippen LogP contribution in [-0.4, -0.2) is 60.3 Å². The van der Waals surface area contributed by atoms with Gasteiger partial charge in [-0.05, 0) is 5.56 Å². The first-order valence-corrected chi connectivity index (χ1v) is 7.62. The van der Waals surface area contributed by atoms with Gasteiger partial charge in [-0.3, -0.25) is 9.59 Å². The highest BCUT2D eigenvalue weighted by molar-refractivity contribution is 5.89. The Labute approximate surface area is 139 Å². The number of morpholine rings is 1. The van der Waals surface area contributed by atoms with Crippen molar-refractivity contribution in [1.82, 2.24) is 10.2 Å². The Hall–Kier alpha value is -2.61. The second kappa shape index (κ2) is 8.88. The molecule has 0 radical (unpaired) electrons. The molecule has 8 nitrogen and oxygen atoms in total. The van der Waals surface area contributed by atoms with E-state index in [0.29, 0.717) is 26.3 Å². The third kappa shape index (κ3) is 5.54. The largest absolute Gasteiger partial charge is 0.481 e. The van der Waals surface area contributed by atoms with Crippen LogP contribution < -0.4 is 5.32 Å². The predicted octanol–water partition coefficient (Wildman–Crippen LogP) is 0.615. The van der Waals surface area contributed by atoms with Gasteiger partial charge in [-0.2, -0.15) is 0 Å². The zero-order chi connectivity index (χ0) is 17.4. The maximum absolute atomic E-state index is 12.4. The standard InChI is InChI=1S/C16H20N2O6/c19-14(20)10-13(15(21)18-6-8-23-9-7-18)17-16(22)24-11-12-4-2-1-3-5-12/h1-5,13H,6-11H2,(H,17,22)(H,19,20). The van der Waals surface area contributed by atoms with Gasteiger partial charge in [0.15, 0.2) is 0 Å². The zero-order valence-electron chi connectivity index (χ0n) is 13.1. The topological polar surface area (TPSA) is 105 Å². The minimum atomic E-state index is -1.18. The molecule has 0 aromatic heterocycles. The lowest BCUT2D eigenvalue weighted by molar-refractivity contribution is -0.144. The first-order chi connectivity index (χ1) is 11.6. The summed E-state index contributed by atoms with van der Waals surface area (Å²) in [5.74, 6) is -1.62. The van der Waals surface area contributed by atoms with Crippen LogP contribution in [0.4, 0.5) is 4.79 Å². The number of hydrogen-bond donors (Lipinski definition) is 2. The molecule has 2 rings (SSSR count). The zero-order valence-corrected chi connectivity index (χ0v) is 13.1. The third-order valence-corrected chi connectivity index (χ3v) is 3.50. The number of nitrogens with one attached hydrogen (secondary N) is 1. The van der Waals surface area contributed by atoms with Crippen molar-refractivity contribution >= 4 is 18.0 Å². The molecule has 2 N–H and O–H groups in total. The monoisotopic (exact) mass is 336 g/mol. The third-order valence-electron chi connectivity index (χ3n) is 3.50. The van der Waals surface area contributed by atoms with E-state index in [9.17, 15) is 14.4 Å². The first kappa shape index (κ1) is 17.7. The van der Waals surface area contributed by atoms with E-state index in [2.05, 4.69) is 5.32 Å². The average molecular weight is 336 g/mol. The number of amides is 2. The summed E-state index contributed by atoms with van der Waals surface area (Å²) in [5.41, 5.74) is 0.793. The summed E-state index contributed by atoms with van der Waals surface area (Å²) in [4.78, 5) is 36.7. The van der Waals surface area contributed by atoms with E-state index < -0.39 is 30.4 Å². The number of alkyl carbamates (subject to hydrolysis) is 1. The number of benzene rings is 1. The van der Waals surface area contributed by atoms with Gasteiger partial charge in [0.05, 0.1) is 19.6 Å². The van der Waals surface area contributed by atoms with Gasteiger partial charge < -0.3 is 24.8 Å². The molecule has 1 saturated heterocycles. The fourth-order valence-electron chi connectivity index (χ4n) is 2.29. The molecule has 1 heterocycles. The summed E-state index contributed by atoms with van der Waals surface area (Å²) < 4.78 is 10.2. The molecule has 1 aliphatic rings. The van der Waals surface area contributed by atoms with Gasteiger partial charge in [0.1, 0.15) is 12.6 Å². The van der Waals surface area contributed by atoms with E-state index in [1.165, 1.54) is 4.90 Å². The maximum atomic E-state index is 12.4. The quantitative estimate of drug-likeness (QED) is 0.789. The lowest BCUT2D eigenvalue weighted by Crippen LogP contribution is -2.52. The van der Waals surface area contributed by atoms with Crippen molar-refractivity contribution in [3.63, 3.8) is 0 Å². The van der Waals surface area contributed by atoms with Crippen LogP contribution in [0.25, 0.3) is 0 Å². The first-order valence-electron chi connectivity index (χ1n) is 7.62. The molecule has 0 saturated carbocycles. The smallest absolute Gasteiger partial charge is 0.408 e. The Morgan fingerprint density at radius 1 is 1.21 bits per heavy atom. The SMILES string of the molecule is O=C(O)CC(NC(=O)OCc1ccccc1)C(=O)N1CCOCC1. The molecule has 8 heteroatoms. The van der Waals surface area contributed by atoms with E-state index in [0.717, 1.165) is 5.56 Å². The molecule has 0 bridgehead atoms. The fraction of sp³-hybridized carbons (Fsp3) is 0.438. The van der Waals surface area contributed by atoms with Crippen molar-refractivity contribution < 1.29 is 29.0 Å². The van der Waals surface area contributed by atoms with E-state index in [-0.39, 0.29) is 6.61 Å². The second-order valence-electron chi connectivity index (χ2n) is 5.29. The van der Waals surface area contributed by atoms with Crippen molar-refractivity contribution in [3.8, 4) is 0 Å². The van der Waals surface area contributed by atoms with Gasteiger partial charge >= 0.3 is 12.1 Å². The van der Waals surface area contributed by atoms with Crippen LogP contribution in [0.15, 0.2) is 30.3 Å². The van der Waals surface area contributed by atoms with Gasteiger partial charge in [-0.15, -0.1) is 0 Å². The Kier molecular flexibility index (Phi) is 6.56.